The molecule has 0 aliphatic heterocycles. The van der Waals surface area contributed by atoms with Gasteiger partial charge in [0.1, 0.15) is 0 Å². The van der Waals surface area contributed by atoms with Gasteiger partial charge in [-0.2, -0.15) is 0 Å². The van der Waals surface area contributed by atoms with Crippen LogP contribution < -0.4 is 4.90 Å². The second-order valence-electron chi connectivity index (χ2n) is 14.2. The molecule has 0 saturated carbocycles. The van der Waals surface area contributed by atoms with E-state index in [-0.39, 0.29) is 0 Å². The molecule has 0 unspecified atom stereocenters. The highest BCUT2D eigenvalue weighted by molar-refractivity contribution is 6.31. The Hall–Kier alpha value is -6.35. The van der Waals surface area contributed by atoms with Crippen LogP contribution in [0, 0.1) is 0 Å². The zero-order valence-corrected chi connectivity index (χ0v) is 33.6. The molecule has 0 N–H and O–H groups in total. The summed E-state index contributed by atoms with van der Waals surface area (Å²) < 4.78 is 0. The fourth-order valence-corrected chi connectivity index (χ4v) is 7.73. The van der Waals surface area contributed by atoms with Crippen LogP contribution in [-0.2, 0) is 0 Å². The molecule has 0 aromatic heterocycles. The number of hydrogen-bond acceptors (Lipinski definition) is 1. The Morgan fingerprint density at radius 1 is 0.172 bits per heavy atom. The van der Waals surface area contributed by atoms with Crippen LogP contribution >= 0.6 is 34.8 Å². The Kier molecular flexibility index (Phi) is 10.7. The van der Waals surface area contributed by atoms with E-state index >= 15 is 0 Å². The van der Waals surface area contributed by atoms with Crippen LogP contribution in [0.15, 0.2) is 218 Å². The summed E-state index contributed by atoms with van der Waals surface area (Å²) in [5.41, 5.74) is 17.1. The highest BCUT2D eigenvalue weighted by Gasteiger charge is 2.14. The van der Waals surface area contributed by atoms with E-state index in [2.05, 4.69) is 187 Å². The molecule has 9 aromatic carbocycles. The first-order valence-electron chi connectivity index (χ1n) is 19.1. The summed E-state index contributed by atoms with van der Waals surface area (Å²) in [5.74, 6) is 0. The van der Waals surface area contributed by atoms with Gasteiger partial charge in [-0.3, -0.25) is 0 Å². The van der Waals surface area contributed by atoms with Gasteiger partial charge in [-0.1, -0.05) is 180 Å². The first kappa shape index (κ1) is 37.2. The monoisotopic (exact) mass is 803 g/mol. The fourth-order valence-electron chi connectivity index (χ4n) is 7.35. The predicted molar refractivity (Wildman–Crippen MR) is 249 cm³/mol. The maximum atomic E-state index is 6.12. The molecule has 1 nitrogen and oxygen atoms in total. The topological polar surface area (TPSA) is 3.24 Å². The Labute approximate surface area is 355 Å². The van der Waals surface area contributed by atoms with Crippen molar-refractivity contribution in [3.05, 3.63) is 233 Å². The SMILES string of the molecule is Clc1ccc(-c2ccc(-c3ccc(N(c4ccc(-c5ccc(-c6ccc(Cl)cc6)cc5)cc4)c4ccc(-c5ccc(-c6ccc(Cl)cc6)cc5)cc4)cc3)cc2)cc1. The lowest BCUT2D eigenvalue weighted by molar-refractivity contribution is 1.28. The summed E-state index contributed by atoms with van der Waals surface area (Å²) in [6.45, 7) is 0. The first-order chi connectivity index (χ1) is 28.4. The van der Waals surface area contributed by atoms with Crippen molar-refractivity contribution in [2.75, 3.05) is 4.90 Å². The molecule has 0 amide bonds. The molecule has 0 aliphatic carbocycles. The number of rotatable bonds is 9. The van der Waals surface area contributed by atoms with Crippen LogP contribution in [0.25, 0.3) is 66.8 Å². The van der Waals surface area contributed by atoms with Gasteiger partial charge in [-0.25, -0.2) is 0 Å². The number of hydrogen-bond donors (Lipinski definition) is 0. The molecular weight excluding hydrogens is 769 g/mol. The number of benzene rings is 9. The van der Waals surface area contributed by atoms with E-state index in [0.29, 0.717) is 0 Å². The largest absolute Gasteiger partial charge is 0.311 e. The van der Waals surface area contributed by atoms with Gasteiger partial charge in [-0.15, -0.1) is 0 Å². The van der Waals surface area contributed by atoms with E-state index in [9.17, 15) is 0 Å². The maximum Gasteiger partial charge on any atom is 0.0462 e. The van der Waals surface area contributed by atoms with Crippen LogP contribution in [0.3, 0.4) is 0 Å². The standard InChI is InChI=1S/C54H36Cl3N/c55-49-25-13-43(14-26-49)37-1-7-40(8-2-37)46-19-31-52(32-20-46)58(53-33-21-47(22-34-53)41-9-3-38(4-10-41)44-15-27-50(56)28-16-44)54-35-23-48(24-36-54)42-11-5-39(6-12-42)45-17-29-51(57)30-18-45/h1-36H. The molecule has 4 heteroatoms. The van der Waals surface area contributed by atoms with Gasteiger partial charge in [0.2, 0.25) is 0 Å². The van der Waals surface area contributed by atoms with Gasteiger partial charge in [-0.05, 0) is 140 Å². The zero-order chi connectivity index (χ0) is 39.4. The van der Waals surface area contributed by atoms with Crippen LogP contribution in [0.5, 0.6) is 0 Å². The van der Waals surface area contributed by atoms with E-state index in [0.717, 1.165) is 98.9 Å². The molecule has 9 rings (SSSR count). The van der Waals surface area contributed by atoms with Gasteiger partial charge in [0.05, 0.1) is 0 Å². The van der Waals surface area contributed by atoms with Crippen molar-refractivity contribution in [1.82, 2.24) is 0 Å². The zero-order valence-electron chi connectivity index (χ0n) is 31.4. The second-order valence-corrected chi connectivity index (χ2v) is 15.5. The highest BCUT2D eigenvalue weighted by Crippen LogP contribution is 2.38. The molecule has 278 valence electrons. The molecule has 9 aromatic rings. The van der Waals surface area contributed by atoms with Crippen LogP contribution in [0.1, 0.15) is 0 Å². The van der Waals surface area contributed by atoms with E-state index in [1.54, 1.807) is 0 Å². The normalized spacial score (nSPS) is 11.0. The highest BCUT2D eigenvalue weighted by atomic mass is 35.5. The first-order valence-corrected chi connectivity index (χ1v) is 20.3. The lowest BCUT2D eigenvalue weighted by Gasteiger charge is -2.26. The van der Waals surface area contributed by atoms with E-state index < -0.39 is 0 Å². The molecule has 0 aliphatic rings. The second kappa shape index (κ2) is 16.6. The van der Waals surface area contributed by atoms with Gasteiger partial charge >= 0.3 is 0 Å². The third kappa shape index (κ3) is 8.21. The van der Waals surface area contributed by atoms with Gasteiger partial charge < -0.3 is 4.90 Å². The van der Waals surface area contributed by atoms with Crippen LogP contribution in [0.2, 0.25) is 15.1 Å². The summed E-state index contributed by atoms with van der Waals surface area (Å²) in [5, 5.41) is 2.21. The summed E-state index contributed by atoms with van der Waals surface area (Å²) >= 11 is 18.4. The lowest BCUT2D eigenvalue weighted by Crippen LogP contribution is -2.09. The fraction of sp³-hybridized carbons (Fsp3) is 0. The van der Waals surface area contributed by atoms with Gasteiger partial charge in [0.15, 0.2) is 0 Å². The van der Waals surface area contributed by atoms with E-state index in [1.165, 1.54) is 0 Å². The van der Waals surface area contributed by atoms with Gasteiger partial charge in [0.25, 0.3) is 0 Å². The van der Waals surface area contributed by atoms with Crippen molar-refractivity contribution in [3.63, 3.8) is 0 Å². The number of nitrogens with zero attached hydrogens (tertiary/aromatic N) is 1. The summed E-state index contributed by atoms with van der Waals surface area (Å²) in [6.07, 6.45) is 0. The third-order valence-electron chi connectivity index (χ3n) is 10.6. The van der Waals surface area contributed by atoms with E-state index in [4.69, 9.17) is 34.8 Å². The van der Waals surface area contributed by atoms with Crippen molar-refractivity contribution < 1.29 is 0 Å². The molecular formula is C54H36Cl3N. The Morgan fingerprint density at radius 2 is 0.293 bits per heavy atom. The number of anilines is 3. The molecule has 0 spiro atoms. The smallest absolute Gasteiger partial charge is 0.0462 e. The quantitative estimate of drug-likeness (QED) is 0.140. The molecule has 0 saturated heterocycles. The molecule has 0 bridgehead atoms. The van der Waals surface area contributed by atoms with Crippen molar-refractivity contribution in [1.29, 1.82) is 0 Å². The Bertz CT molecular complexity index is 2440. The van der Waals surface area contributed by atoms with Crippen molar-refractivity contribution >= 4 is 51.9 Å². The minimum atomic E-state index is 0.738. The summed E-state index contributed by atoms with van der Waals surface area (Å²) in [6, 6.07) is 76.4. The Morgan fingerprint density at radius 3 is 0.448 bits per heavy atom. The molecule has 0 atom stereocenters. The lowest BCUT2D eigenvalue weighted by atomic mass is 9.99. The minimum absolute atomic E-state index is 0.738. The average Bonchev–Trinajstić information content (AvgIpc) is 3.28. The van der Waals surface area contributed by atoms with E-state index in [1.807, 2.05) is 36.4 Å². The Balaban J connectivity index is 1.01. The van der Waals surface area contributed by atoms with Crippen molar-refractivity contribution in [2.45, 2.75) is 0 Å². The van der Waals surface area contributed by atoms with Crippen LogP contribution in [-0.4, -0.2) is 0 Å². The third-order valence-corrected chi connectivity index (χ3v) is 11.3. The minimum Gasteiger partial charge on any atom is -0.311 e. The van der Waals surface area contributed by atoms with Crippen molar-refractivity contribution in [3.8, 4) is 66.8 Å². The maximum absolute atomic E-state index is 6.12. The van der Waals surface area contributed by atoms with Crippen LogP contribution in [0.4, 0.5) is 17.1 Å². The molecule has 58 heavy (non-hydrogen) atoms. The van der Waals surface area contributed by atoms with Gasteiger partial charge in [0, 0.05) is 32.1 Å². The molecule has 0 heterocycles. The summed E-state index contributed by atoms with van der Waals surface area (Å²) in [4.78, 5) is 2.31. The molecule has 0 fully saturated rings. The molecule has 0 radical (unpaired) electrons. The predicted octanol–water partition coefficient (Wildman–Crippen LogP) is 17.1. The summed E-state index contributed by atoms with van der Waals surface area (Å²) in [7, 11) is 0. The average molecular weight is 805 g/mol. The number of halogens is 3. The van der Waals surface area contributed by atoms with Crippen molar-refractivity contribution in [2.24, 2.45) is 0 Å².